The van der Waals surface area contributed by atoms with Crippen LogP contribution in [0, 0.1) is 0 Å². The zero-order chi connectivity index (χ0) is 14.8. The number of aliphatic carboxylic acids is 1. The van der Waals surface area contributed by atoms with Crippen molar-refractivity contribution in [3.05, 3.63) is 11.9 Å². The van der Waals surface area contributed by atoms with E-state index in [2.05, 4.69) is 10.2 Å². The van der Waals surface area contributed by atoms with Gasteiger partial charge in [-0.2, -0.15) is 15.0 Å². The van der Waals surface area contributed by atoms with E-state index in [4.69, 9.17) is 4.74 Å². The molecule has 0 radical (unpaired) electrons. The van der Waals surface area contributed by atoms with Crippen LogP contribution in [0.15, 0.2) is 6.20 Å². The fraction of sp³-hybridized carbons (Fsp3) is 0.636. The molecule has 0 aliphatic rings. The van der Waals surface area contributed by atoms with Gasteiger partial charge in [0, 0.05) is 14.1 Å². The highest BCUT2D eigenvalue weighted by Crippen LogP contribution is 2.20. The van der Waals surface area contributed by atoms with Crippen molar-refractivity contribution in [1.82, 2.24) is 19.9 Å². The molecule has 0 fully saturated rings. The molecule has 1 N–H and O–H groups in total. The molecular weight excluding hydrogens is 252 g/mol. The van der Waals surface area contributed by atoms with Crippen LogP contribution in [-0.4, -0.2) is 49.7 Å². The molecule has 0 aromatic carbocycles. The van der Waals surface area contributed by atoms with E-state index in [1.807, 2.05) is 0 Å². The predicted octanol–water partition coefficient (Wildman–Crippen LogP) is 0.808. The lowest BCUT2D eigenvalue weighted by Crippen LogP contribution is -2.39. The lowest BCUT2D eigenvalue weighted by Gasteiger charge is -2.27. The first-order chi connectivity index (χ1) is 8.61. The number of carboxylic acids is 1. The maximum atomic E-state index is 11.9. The van der Waals surface area contributed by atoms with Gasteiger partial charge in [0.15, 0.2) is 6.04 Å². The number of hydrogen-bond acceptors (Lipinski definition) is 5. The van der Waals surface area contributed by atoms with Crippen molar-refractivity contribution in [3.8, 4) is 0 Å². The van der Waals surface area contributed by atoms with E-state index >= 15 is 0 Å². The van der Waals surface area contributed by atoms with E-state index in [0.717, 1.165) is 4.90 Å². The van der Waals surface area contributed by atoms with Crippen LogP contribution in [0.2, 0.25) is 0 Å². The van der Waals surface area contributed by atoms with Crippen LogP contribution >= 0.6 is 0 Å². The molecule has 19 heavy (non-hydrogen) atoms. The Hall–Kier alpha value is -2.12. The first-order valence-electron chi connectivity index (χ1n) is 5.66. The zero-order valence-corrected chi connectivity index (χ0v) is 11.6. The second kappa shape index (κ2) is 5.25. The second-order valence-corrected chi connectivity index (χ2v) is 5.09. The topological polar surface area (TPSA) is 97.5 Å². The molecule has 0 aliphatic carbocycles. The van der Waals surface area contributed by atoms with Crippen molar-refractivity contribution < 1.29 is 19.4 Å². The largest absolute Gasteiger partial charge is 0.479 e. The third kappa shape index (κ3) is 3.94. The molecule has 1 aromatic rings. The molecule has 1 atom stereocenters. The minimum absolute atomic E-state index is 0.170. The van der Waals surface area contributed by atoms with Gasteiger partial charge in [0.05, 0.1) is 6.20 Å². The number of aromatic nitrogens is 3. The van der Waals surface area contributed by atoms with Crippen LogP contribution in [0.5, 0.6) is 0 Å². The Balaban J connectivity index is 2.94. The fourth-order valence-electron chi connectivity index (χ4n) is 1.42. The Morgan fingerprint density at radius 3 is 2.42 bits per heavy atom. The number of ether oxygens (including phenoxy) is 1. The number of nitrogens with zero attached hydrogens (tertiary/aromatic N) is 4. The normalized spacial score (nSPS) is 12.9. The number of rotatable bonds is 3. The van der Waals surface area contributed by atoms with E-state index in [1.165, 1.54) is 18.0 Å². The molecule has 0 spiro atoms. The molecule has 8 heteroatoms. The monoisotopic (exact) mass is 270 g/mol. The summed E-state index contributed by atoms with van der Waals surface area (Å²) >= 11 is 0. The molecule has 0 aliphatic heterocycles. The minimum Gasteiger partial charge on any atom is -0.479 e. The lowest BCUT2D eigenvalue weighted by atomic mass is 10.2. The number of likely N-dealkylation sites (N-methyl/N-ethyl adjacent to an activating group) is 1. The SMILES string of the molecule is CN(C(=O)OC(C)(C)C)C(C(=O)O)c1cnn(C)n1. The highest BCUT2D eigenvalue weighted by Gasteiger charge is 2.33. The Morgan fingerprint density at radius 1 is 1.47 bits per heavy atom. The Kier molecular flexibility index (Phi) is 4.13. The highest BCUT2D eigenvalue weighted by atomic mass is 16.6. The standard InChI is InChI=1S/C11H18N4O4/c1-11(2,3)19-10(18)14(4)8(9(16)17)7-6-12-15(5)13-7/h6,8H,1-5H3,(H,16,17). The van der Waals surface area contributed by atoms with Crippen molar-refractivity contribution in [3.63, 3.8) is 0 Å². The maximum Gasteiger partial charge on any atom is 0.411 e. The summed E-state index contributed by atoms with van der Waals surface area (Å²) in [4.78, 5) is 25.4. The second-order valence-electron chi connectivity index (χ2n) is 5.09. The molecule has 8 nitrogen and oxygen atoms in total. The summed E-state index contributed by atoms with van der Waals surface area (Å²) in [6.45, 7) is 5.12. The fourth-order valence-corrected chi connectivity index (χ4v) is 1.42. The molecule has 1 amide bonds. The smallest absolute Gasteiger partial charge is 0.411 e. The van der Waals surface area contributed by atoms with Crippen molar-refractivity contribution in [1.29, 1.82) is 0 Å². The number of hydrogen-bond donors (Lipinski definition) is 1. The summed E-state index contributed by atoms with van der Waals surface area (Å²) in [7, 11) is 2.91. The average Bonchev–Trinajstić information content (AvgIpc) is 2.61. The molecule has 0 bridgehead atoms. The van der Waals surface area contributed by atoms with E-state index in [9.17, 15) is 14.7 Å². The van der Waals surface area contributed by atoms with Crippen molar-refractivity contribution >= 4 is 12.1 Å². The van der Waals surface area contributed by atoms with Crippen molar-refractivity contribution in [2.45, 2.75) is 32.4 Å². The van der Waals surface area contributed by atoms with Crippen LogP contribution in [0.4, 0.5) is 4.79 Å². The first-order valence-corrected chi connectivity index (χ1v) is 5.66. The Bertz CT molecular complexity index is 477. The van der Waals surface area contributed by atoms with E-state index in [1.54, 1.807) is 27.8 Å². The lowest BCUT2D eigenvalue weighted by molar-refractivity contribution is -0.143. The number of carbonyl (C=O) groups is 2. The van der Waals surface area contributed by atoms with Crippen LogP contribution in [0.25, 0.3) is 0 Å². The van der Waals surface area contributed by atoms with Gasteiger partial charge in [0.25, 0.3) is 0 Å². The van der Waals surface area contributed by atoms with Gasteiger partial charge in [-0.05, 0) is 20.8 Å². The predicted molar refractivity (Wildman–Crippen MR) is 65.4 cm³/mol. The summed E-state index contributed by atoms with van der Waals surface area (Å²) in [5.74, 6) is -1.20. The Morgan fingerprint density at radius 2 is 2.05 bits per heavy atom. The van der Waals surface area contributed by atoms with Gasteiger partial charge in [-0.25, -0.2) is 9.59 Å². The van der Waals surface area contributed by atoms with Gasteiger partial charge in [0.2, 0.25) is 0 Å². The quantitative estimate of drug-likeness (QED) is 0.872. The van der Waals surface area contributed by atoms with Crippen molar-refractivity contribution in [2.24, 2.45) is 7.05 Å². The number of amides is 1. The van der Waals surface area contributed by atoms with Crippen LogP contribution in [0.1, 0.15) is 32.5 Å². The minimum atomic E-state index is -1.23. The average molecular weight is 270 g/mol. The summed E-state index contributed by atoms with van der Waals surface area (Å²) in [5.41, 5.74) is -0.528. The molecular formula is C11H18N4O4. The summed E-state index contributed by atoms with van der Waals surface area (Å²) in [6, 6.07) is -1.23. The molecule has 1 aromatic heterocycles. The van der Waals surface area contributed by atoms with Gasteiger partial charge < -0.3 is 9.84 Å². The zero-order valence-electron chi connectivity index (χ0n) is 11.6. The first kappa shape index (κ1) is 14.9. The summed E-state index contributed by atoms with van der Waals surface area (Å²) in [6.07, 6.45) is 0.574. The molecule has 0 saturated heterocycles. The molecule has 0 saturated carbocycles. The number of carboxylic acid groups (broad SMARTS) is 1. The Labute approximate surface area is 111 Å². The van der Waals surface area contributed by atoms with E-state index in [0.29, 0.717) is 0 Å². The summed E-state index contributed by atoms with van der Waals surface area (Å²) < 4.78 is 5.13. The van der Waals surface area contributed by atoms with Gasteiger partial charge in [0.1, 0.15) is 11.3 Å². The van der Waals surface area contributed by atoms with Crippen LogP contribution < -0.4 is 0 Å². The molecule has 1 rings (SSSR count). The van der Waals surface area contributed by atoms with Gasteiger partial charge >= 0.3 is 12.1 Å². The summed E-state index contributed by atoms with van der Waals surface area (Å²) in [5, 5.41) is 16.9. The third-order valence-electron chi connectivity index (χ3n) is 2.20. The van der Waals surface area contributed by atoms with Gasteiger partial charge in [-0.3, -0.25) is 4.90 Å². The number of aryl methyl sites for hydroxylation is 1. The molecule has 1 heterocycles. The van der Waals surface area contributed by atoms with Crippen LogP contribution in [-0.2, 0) is 16.6 Å². The molecule has 1 unspecified atom stereocenters. The highest BCUT2D eigenvalue weighted by molar-refractivity contribution is 5.80. The molecule has 106 valence electrons. The van der Waals surface area contributed by atoms with Gasteiger partial charge in [-0.1, -0.05) is 0 Å². The third-order valence-corrected chi connectivity index (χ3v) is 2.20. The van der Waals surface area contributed by atoms with Crippen molar-refractivity contribution in [2.75, 3.05) is 7.05 Å². The van der Waals surface area contributed by atoms with Crippen LogP contribution in [0.3, 0.4) is 0 Å². The number of carbonyl (C=O) groups excluding carboxylic acids is 1. The van der Waals surface area contributed by atoms with E-state index < -0.39 is 23.7 Å². The van der Waals surface area contributed by atoms with E-state index in [-0.39, 0.29) is 5.69 Å². The van der Waals surface area contributed by atoms with Gasteiger partial charge in [-0.15, -0.1) is 0 Å². The maximum absolute atomic E-state index is 11.9.